The second-order valence-electron chi connectivity index (χ2n) is 9.21. The molecule has 2 aromatic carbocycles. The Morgan fingerprint density at radius 1 is 1.06 bits per heavy atom. The van der Waals surface area contributed by atoms with E-state index in [2.05, 4.69) is 38.8 Å². The molecular weight excluding hydrogens is 420 g/mol. The second kappa shape index (κ2) is 8.14. The Bertz CT molecular complexity index is 1180. The number of aliphatic imine (C=N–C) groups is 1. The largest absolute Gasteiger partial charge is 0.465 e. The van der Waals surface area contributed by atoms with Crippen LogP contribution in [0.25, 0.3) is 0 Å². The predicted octanol–water partition coefficient (Wildman–Crippen LogP) is 4.58. The van der Waals surface area contributed by atoms with Gasteiger partial charge in [-0.1, -0.05) is 19.9 Å². The summed E-state index contributed by atoms with van der Waals surface area (Å²) in [6.45, 7) is 8.41. The Hall–Kier alpha value is -3.48. The van der Waals surface area contributed by atoms with Crippen molar-refractivity contribution in [2.24, 2.45) is 4.99 Å². The highest BCUT2D eigenvalue weighted by molar-refractivity contribution is 6.55. The molecule has 0 aliphatic carbocycles. The maximum atomic E-state index is 13.7. The fourth-order valence-corrected chi connectivity index (χ4v) is 4.96. The number of esters is 2. The molecule has 4 rings (SSSR count). The van der Waals surface area contributed by atoms with Gasteiger partial charge in [0.1, 0.15) is 5.71 Å². The van der Waals surface area contributed by atoms with E-state index in [0.29, 0.717) is 17.3 Å². The van der Waals surface area contributed by atoms with Gasteiger partial charge in [0.2, 0.25) is 0 Å². The van der Waals surface area contributed by atoms with Crippen molar-refractivity contribution in [3.63, 3.8) is 0 Å². The maximum absolute atomic E-state index is 13.7. The summed E-state index contributed by atoms with van der Waals surface area (Å²) in [7, 11) is 2.53. The second-order valence-corrected chi connectivity index (χ2v) is 9.21. The van der Waals surface area contributed by atoms with Crippen LogP contribution in [0.3, 0.4) is 0 Å². The van der Waals surface area contributed by atoms with Gasteiger partial charge in [0.15, 0.2) is 0 Å². The van der Waals surface area contributed by atoms with E-state index in [1.807, 2.05) is 11.0 Å². The van der Waals surface area contributed by atoms with E-state index in [9.17, 15) is 14.4 Å². The average molecular weight is 449 g/mol. The molecule has 0 fully saturated rings. The van der Waals surface area contributed by atoms with E-state index in [1.54, 1.807) is 0 Å². The van der Waals surface area contributed by atoms with E-state index in [1.165, 1.54) is 32.4 Å². The van der Waals surface area contributed by atoms with Crippen LogP contribution in [0.1, 0.15) is 77.4 Å². The van der Waals surface area contributed by atoms with E-state index in [0.717, 1.165) is 35.2 Å². The van der Waals surface area contributed by atoms with Gasteiger partial charge in [0.25, 0.3) is 5.91 Å². The molecule has 1 amide bonds. The molecule has 0 aromatic heterocycles. The van der Waals surface area contributed by atoms with Crippen molar-refractivity contribution in [2.75, 3.05) is 19.1 Å². The Morgan fingerprint density at radius 3 is 2.21 bits per heavy atom. The lowest BCUT2D eigenvalue weighted by atomic mass is 9.79. The van der Waals surface area contributed by atoms with E-state index in [4.69, 9.17) is 9.47 Å². The highest BCUT2D eigenvalue weighted by atomic mass is 16.5. The van der Waals surface area contributed by atoms with Gasteiger partial charge in [0.05, 0.1) is 36.7 Å². The fourth-order valence-electron chi connectivity index (χ4n) is 4.96. The Balaban J connectivity index is 1.95. The van der Waals surface area contributed by atoms with Crippen LogP contribution in [0.4, 0.5) is 11.4 Å². The number of hydrogen-bond donors (Lipinski definition) is 0. The van der Waals surface area contributed by atoms with Crippen molar-refractivity contribution in [3.05, 3.63) is 58.1 Å². The molecule has 2 heterocycles. The fraction of sp³-hybridized carbons (Fsp3) is 0.385. The normalized spacial score (nSPS) is 19.5. The van der Waals surface area contributed by atoms with E-state index in [-0.39, 0.29) is 22.6 Å². The quantitative estimate of drug-likeness (QED) is 0.640. The first-order chi connectivity index (χ1) is 15.6. The lowest BCUT2D eigenvalue weighted by Gasteiger charge is -2.43. The average Bonchev–Trinajstić information content (AvgIpc) is 3.08. The van der Waals surface area contributed by atoms with Gasteiger partial charge in [0, 0.05) is 11.1 Å². The predicted molar refractivity (Wildman–Crippen MR) is 126 cm³/mol. The van der Waals surface area contributed by atoms with Crippen LogP contribution >= 0.6 is 0 Å². The molecule has 33 heavy (non-hydrogen) atoms. The van der Waals surface area contributed by atoms with Gasteiger partial charge in [-0.15, -0.1) is 0 Å². The first-order valence-corrected chi connectivity index (χ1v) is 11.0. The van der Waals surface area contributed by atoms with Gasteiger partial charge < -0.3 is 14.4 Å². The molecule has 0 radical (unpaired) electrons. The SMILES string of the molecule is CCc1cc2c3c(c1)[C@H](C)CC(C)(C)N3C(=O)C2=Nc1cc(C(=O)OC)cc(C(=O)OC)c1. The van der Waals surface area contributed by atoms with Crippen molar-refractivity contribution in [1.82, 2.24) is 0 Å². The number of aryl methyl sites for hydroxylation is 1. The number of carbonyl (C=O) groups is 3. The third-order valence-corrected chi connectivity index (χ3v) is 6.43. The molecule has 0 bridgehead atoms. The summed E-state index contributed by atoms with van der Waals surface area (Å²) in [6.07, 6.45) is 1.68. The number of benzene rings is 2. The Labute approximate surface area is 193 Å². The van der Waals surface area contributed by atoms with Gasteiger partial charge in [-0.25, -0.2) is 14.6 Å². The highest BCUT2D eigenvalue weighted by Gasteiger charge is 2.48. The minimum atomic E-state index is -0.606. The molecule has 2 aliphatic rings. The third kappa shape index (κ3) is 3.71. The first kappa shape index (κ1) is 22.7. The summed E-state index contributed by atoms with van der Waals surface area (Å²) < 4.78 is 9.64. The number of carbonyl (C=O) groups excluding carboxylic acids is 3. The lowest BCUT2D eigenvalue weighted by molar-refractivity contribution is -0.113. The minimum absolute atomic E-state index is 0.156. The number of rotatable bonds is 4. The Morgan fingerprint density at radius 2 is 1.67 bits per heavy atom. The molecule has 0 unspecified atom stereocenters. The molecule has 2 aliphatic heterocycles. The Kier molecular flexibility index (Phi) is 5.60. The number of amides is 1. The van der Waals surface area contributed by atoms with Gasteiger partial charge in [-0.05, 0) is 68.0 Å². The maximum Gasteiger partial charge on any atom is 0.337 e. The molecule has 172 valence electrons. The summed E-state index contributed by atoms with van der Waals surface area (Å²) in [5.74, 6) is -1.09. The standard InChI is InChI=1S/C26H28N2O5/c1-7-15-8-19-14(2)13-26(3,4)28-22(19)20(9-15)21(23(28)29)27-18-11-16(24(30)32-5)10-17(12-18)25(31)33-6/h8-12,14H,7,13H2,1-6H3/t14-/m1/s1. The molecule has 7 nitrogen and oxygen atoms in total. The molecule has 0 saturated heterocycles. The van der Waals surface area contributed by atoms with Crippen molar-refractivity contribution in [1.29, 1.82) is 0 Å². The molecular formula is C26H28N2O5. The van der Waals surface area contributed by atoms with Crippen LogP contribution < -0.4 is 4.90 Å². The van der Waals surface area contributed by atoms with E-state index >= 15 is 0 Å². The monoisotopic (exact) mass is 448 g/mol. The van der Waals surface area contributed by atoms with Gasteiger partial charge >= 0.3 is 11.9 Å². The van der Waals surface area contributed by atoms with E-state index < -0.39 is 11.9 Å². The molecule has 0 saturated carbocycles. The molecule has 0 spiro atoms. The number of methoxy groups -OCH3 is 2. The van der Waals surface area contributed by atoms with Crippen molar-refractivity contribution in [2.45, 2.75) is 52.0 Å². The van der Waals surface area contributed by atoms with Crippen molar-refractivity contribution in [3.8, 4) is 0 Å². The van der Waals surface area contributed by atoms with Crippen LogP contribution in [0.15, 0.2) is 35.3 Å². The lowest BCUT2D eigenvalue weighted by Crippen LogP contribution is -2.50. The van der Waals surface area contributed by atoms with Gasteiger partial charge in [-0.3, -0.25) is 4.79 Å². The summed E-state index contributed by atoms with van der Waals surface area (Å²) in [4.78, 5) is 44.6. The van der Waals surface area contributed by atoms with Crippen LogP contribution in [0.2, 0.25) is 0 Å². The number of nitrogens with zero attached hydrogens (tertiary/aromatic N) is 2. The smallest absolute Gasteiger partial charge is 0.337 e. The van der Waals surface area contributed by atoms with Crippen molar-refractivity contribution < 1.29 is 23.9 Å². The van der Waals surface area contributed by atoms with Crippen LogP contribution in [-0.2, 0) is 20.7 Å². The topological polar surface area (TPSA) is 85.3 Å². The zero-order valence-corrected chi connectivity index (χ0v) is 19.8. The number of ether oxygens (including phenoxy) is 2. The summed E-state index contributed by atoms with van der Waals surface area (Å²) >= 11 is 0. The summed E-state index contributed by atoms with van der Waals surface area (Å²) in [5, 5.41) is 0. The van der Waals surface area contributed by atoms with Crippen LogP contribution in [-0.4, -0.2) is 43.3 Å². The minimum Gasteiger partial charge on any atom is -0.465 e. The zero-order chi connectivity index (χ0) is 24.1. The van der Waals surface area contributed by atoms with Gasteiger partial charge in [-0.2, -0.15) is 0 Å². The first-order valence-electron chi connectivity index (χ1n) is 11.0. The number of hydrogen-bond acceptors (Lipinski definition) is 6. The third-order valence-electron chi connectivity index (χ3n) is 6.43. The molecule has 1 atom stereocenters. The molecule has 7 heteroatoms. The van der Waals surface area contributed by atoms with Crippen LogP contribution in [0.5, 0.6) is 0 Å². The highest BCUT2D eigenvalue weighted by Crippen LogP contribution is 2.49. The summed E-state index contributed by atoms with van der Waals surface area (Å²) in [5.41, 5.74) is 4.55. The molecule has 0 N–H and O–H groups in total. The molecule has 2 aromatic rings. The zero-order valence-electron chi connectivity index (χ0n) is 19.8. The van der Waals surface area contributed by atoms with Crippen molar-refractivity contribution >= 4 is 34.9 Å². The number of anilines is 1. The summed E-state index contributed by atoms with van der Waals surface area (Å²) in [6, 6.07) is 8.63. The van der Waals surface area contributed by atoms with Crippen LogP contribution in [0, 0.1) is 0 Å².